The van der Waals surface area contributed by atoms with E-state index in [1.54, 1.807) is 17.2 Å². The number of nitrogens with one attached hydrogen (secondary N) is 1. The number of nitrogens with zero attached hydrogens (tertiary/aromatic N) is 6. The molecule has 1 aliphatic rings. The Morgan fingerprint density at radius 1 is 1.23 bits per heavy atom. The Morgan fingerprint density at radius 3 is 3.00 bits per heavy atom. The van der Waals surface area contributed by atoms with Crippen molar-refractivity contribution in [1.82, 2.24) is 24.7 Å². The Bertz CT molecular complexity index is 852. The molecule has 1 atom stereocenters. The minimum absolute atomic E-state index is 0.287. The maximum atomic E-state index is 9.87. The van der Waals surface area contributed by atoms with Crippen LogP contribution in [0.5, 0.6) is 0 Å². The molecule has 0 bridgehead atoms. The van der Waals surface area contributed by atoms with E-state index in [2.05, 4.69) is 30.3 Å². The third-order valence-electron chi connectivity index (χ3n) is 4.46. The monoisotopic (exact) mass is 351 g/mol. The summed E-state index contributed by atoms with van der Waals surface area (Å²) in [7, 11) is 0. The number of aromatic nitrogens is 5. The summed E-state index contributed by atoms with van der Waals surface area (Å²) in [5.74, 6) is 1.40. The van der Waals surface area contributed by atoms with Gasteiger partial charge in [0.2, 0.25) is 5.95 Å². The fourth-order valence-corrected chi connectivity index (χ4v) is 3.16. The van der Waals surface area contributed by atoms with E-state index in [0.717, 1.165) is 36.5 Å². The lowest BCUT2D eigenvalue weighted by molar-refractivity contribution is 0.154. The molecule has 1 unspecified atom stereocenters. The van der Waals surface area contributed by atoms with Gasteiger partial charge in [0, 0.05) is 25.8 Å². The van der Waals surface area contributed by atoms with Crippen molar-refractivity contribution in [2.75, 3.05) is 23.3 Å². The first-order chi connectivity index (χ1) is 12.8. The van der Waals surface area contributed by atoms with Crippen LogP contribution < -0.4 is 10.2 Å². The lowest BCUT2D eigenvalue weighted by Crippen LogP contribution is -2.38. The fraction of sp³-hybridized carbons (Fsp3) is 0.333. The summed E-state index contributed by atoms with van der Waals surface area (Å²) >= 11 is 0. The first kappa shape index (κ1) is 16.5. The van der Waals surface area contributed by atoms with Crippen LogP contribution >= 0.6 is 0 Å². The average Bonchev–Trinajstić information content (AvgIpc) is 3.21. The molecule has 0 radical (unpaired) electrons. The largest absolute Gasteiger partial charge is 0.391 e. The summed E-state index contributed by atoms with van der Waals surface area (Å²) in [4.78, 5) is 15.0. The molecule has 3 aromatic rings. The number of aliphatic hydroxyl groups excluding tert-OH is 1. The Hall–Kier alpha value is -3.00. The molecule has 0 spiro atoms. The van der Waals surface area contributed by atoms with Gasteiger partial charge in [0.25, 0.3) is 0 Å². The fourth-order valence-electron chi connectivity index (χ4n) is 3.16. The highest BCUT2D eigenvalue weighted by atomic mass is 16.3. The van der Waals surface area contributed by atoms with Gasteiger partial charge in [-0.1, -0.05) is 18.2 Å². The maximum Gasteiger partial charge on any atom is 0.224 e. The Kier molecular flexibility index (Phi) is 4.74. The van der Waals surface area contributed by atoms with Crippen LogP contribution in [0.25, 0.3) is 5.69 Å². The molecule has 26 heavy (non-hydrogen) atoms. The molecule has 8 nitrogen and oxygen atoms in total. The minimum atomic E-state index is -0.287. The van der Waals surface area contributed by atoms with Gasteiger partial charge in [0.1, 0.15) is 18.5 Å². The van der Waals surface area contributed by atoms with Gasteiger partial charge in [-0.2, -0.15) is 10.1 Å². The molecule has 0 saturated carbocycles. The van der Waals surface area contributed by atoms with Crippen LogP contribution in [0.3, 0.4) is 0 Å². The van der Waals surface area contributed by atoms with Crippen molar-refractivity contribution in [3.63, 3.8) is 0 Å². The predicted octanol–water partition coefficient (Wildman–Crippen LogP) is 1.63. The summed E-state index contributed by atoms with van der Waals surface area (Å²) in [5, 5.41) is 17.4. The molecular formula is C18H21N7O. The van der Waals surface area contributed by atoms with Crippen LogP contribution in [-0.4, -0.2) is 49.0 Å². The van der Waals surface area contributed by atoms with Gasteiger partial charge in [-0.25, -0.2) is 14.6 Å². The Labute approximate surface area is 151 Å². The molecule has 3 heterocycles. The number of piperidine rings is 1. The van der Waals surface area contributed by atoms with Crippen LogP contribution in [0.15, 0.2) is 49.2 Å². The van der Waals surface area contributed by atoms with E-state index < -0.39 is 0 Å². The topological polar surface area (TPSA) is 92.0 Å². The number of hydrogen-bond acceptors (Lipinski definition) is 7. The van der Waals surface area contributed by atoms with Gasteiger partial charge in [-0.05, 0) is 30.5 Å². The molecule has 1 aliphatic heterocycles. The Morgan fingerprint density at radius 2 is 2.15 bits per heavy atom. The van der Waals surface area contributed by atoms with Crippen molar-refractivity contribution in [2.45, 2.75) is 25.5 Å². The van der Waals surface area contributed by atoms with Gasteiger partial charge < -0.3 is 15.3 Å². The van der Waals surface area contributed by atoms with E-state index in [0.29, 0.717) is 19.0 Å². The average molecular weight is 351 g/mol. The summed E-state index contributed by atoms with van der Waals surface area (Å²) in [6.07, 6.45) is 6.48. The number of β-amino-alcohol motifs (C(OH)–C–C–N with tert-alkyl or cyclic N) is 1. The molecule has 0 aliphatic carbocycles. The first-order valence-corrected chi connectivity index (χ1v) is 8.72. The van der Waals surface area contributed by atoms with E-state index in [4.69, 9.17) is 0 Å². The summed E-state index contributed by atoms with van der Waals surface area (Å²) < 4.78 is 1.74. The van der Waals surface area contributed by atoms with Gasteiger partial charge in [0.05, 0.1) is 11.8 Å². The van der Waals surface area contributed by atoms with Gasteiger partial charge in [-0.15, -0.1) is 0 Å². The standard InChI is InChI=1S/C18H21N7O/c26-15-5-3-9-24(11-15)17-7-8-20-18(23-17)21-10-14-4-1-2-6-16(14)25-13-19-12-22-25/h1-2,4,6-8,12-13,15,26H,3,5,9-11H2,(H,20,21,23). The zero-order valence-corrected chi connectivity index (χ0v) is 14.4. The van der Waals surface area contributed by atoms with Gasteiger partial charge in [-0.3, -0.25) is 0 Å². The molecule has 1 fully saturated rings. The third-order valence-corrected chi connectivity index (χ3v) is 4.46. The van der Waals surface area contributed by atoms with Crippen LogP contribution in [0.2, 0.25) is 0 Å². The summed E-state index contributed by atoms with van der Waals surface area (Å²) in [5.41, 5.74) is 2.04. The molecule has 0 amide bonds. The van der Waals surface area contributed by atoms with E-state index in [1.807, 2.05) is 30.3 Å². The first-order valence-electron chi connectivity index (χ1n) is 8.72. The summed E-state index contributed by atoms with van der Waals surface area (Å²) in [6.45, 7) is 2.09. The second-order valence-corrected chi connectivity index (χ2v) is 6.30. The van der Waals surface area contributed by atoms with Crippen LogP contribution in [0, 0.1) is 0 Å². The highest BCUT2D eigenvalue weighted by Gasteiger charge is 2.19. The van der Waals surface area contributed by atoms with E-state index in [1.165, 1.54) is 6.33 Å². The van der Waals surface area contributed by atoms with Crippen molar-refractivity contribution < 1.29 is 5.11 Å². The SMILES string of the molecule is OC1CCCN(c2ccnc(NCc3ccccc3-n3cncn3)n2)C1. The normalized spacial score (nSPS) is 17.3. The highest BCUT2D eigenvalue weighted by Crippen LogP contribution is 2.19. The minimum Gasteiger partial charge on any atom is -0.391 e. The van der Waals surface area contributed by atoms with Crippen molar-refractivity contribution >= 4 is 11.8 Å². The number of rotatable bonds is 5. The zero-order chi connectivity index (χ0) is 17.8. The second kappa shape index (κ2) is 7.49. The zero-order valence-electron chi connectivity index (χ0n) is 14.4. The number of anilines is 2. The van der Waals surface area contributed by atoms with Crippen molar-refractivity contribution in [2.24, 2.45) is 0 Å². The van der Waals surface area contributed by atoms with E-state index >= 15 is 0 Å². The number of para-hydroxylation sites is 1. The predicted molar refractivity (Wildman–Crippen MR) is 98.2 cm³/mol. The van der Waals surface area contributed by atoms with Gasteiger partial charge >= 0.3 is 0 Å². The van der Waals surface area contributed by atoms with Crippen molar-refractivity contribution in [3.05, 3.63) is 54.7 Å². The summed E-state index contributed by atoms with van der Waals surface area (Å²) in [6, 6.07) is 9.88. The lowest BCUT2D eigenvalue weighted by atomic mass is 10.1. The lowest BCUT2D eigenvalue weighted by Gasteiger charge is -2.31. The van der Waals surface area contributed by atoms with E-state index in [-0.39, 0.29) is 6.10 Å². The highest BCUT2D eigenvalue weighted by molar-refractivity contribution is 5.45. The smallest absolute Gasteiger partial charge is 0.224 e. The number of aliphatic hydroxyl groups is 1. The molecule has 1 aromatic carbocycles. The van der Waals surface area contributed by atoms with Crippen LogP contribution in [-0.2, 0) is 6.54 Å². The van der Waals surface area contributed by atoms with Crippen molar-refractivity contribution in [1.29, 1.82) is 0 Å². The van der Waals surface area contributed by atoms with Crippen LogP contribution in [0.1, 0.15) is 18.4 Å². The maximum absolute atomic E-state index is 9.87. The molecular weight excluding hydrogens is 330 g/mol. The Balaban J connectivity index is 1.48. The quantitative estimate of drug-likeness (QED) is 0.722. The third kappa shape index (κ3) is 3.65. The molecule has 1 saturated heterocycles. The number of benzene rings is 1. The number of hydrogen-bond donors (Lipinski definition) is 2. The van der Waals surface area contributed by atoms with Gasteiger partial charge in [0.15, 0.2) is 0 Å². The van der Waals surface area contributed by atoms with E-state index in [9.17, 15) is 5.11 Å². The molecule has 2 N–H and O–H groups in total. The van der Waals surface area contributed by atoms with Crippen molar-refractivity contribution in [3.8, 4) is 5.69 Å². The second-order valence-electron chi connectivity index (χ2n) is 6.30. The molecule has 8 heteroatoms. The molecule has 4 rings (SSSR count). The molecule has 2 aromatic heterocycles. The molecule has 134 valence electrons. The van der Waals surface area contributed by atoms with Crippen LogP contribution in [0.4, 0.5) is 11.8 Å².